The molecule has 1 aromatic carbocycles. The Labute approximate surface area is 125 Å². The molecule has 3 N–H and O–H groups in total. The van der Waals surface area contributed by atoms with E-state index >= 15 is 0 Å². The Balaban J connectivity index is 2.14. The summed E-state index contributed by atoms with van der Waals surface area (Å²) >= 11 is 0. The van der Waals surface area contributed by atoms with Crippen molar-refractivity contribution in [2.24, 2.45) is 5.73 Å². The summed E-state index contributed by atoms with van der Waals surface area (Å²) in [4.78, 5) is 4.24. The van der Waals surface area contributed by atoms with Gasteiger partial charge >= 0.3 is 0 Å². The third-order valence-electron chi connectivity index (χ3n) is 3.26. The number of aromatic nitrogens is 2. The molecule has 0 saturated heterocycles. The van der Waals surface area contributed by atoms with E-state index in [1.165, 1.54) is 0 Å². The van der Waals surface area contributed by atoms with E-state index in [2.05, 4.69) is 9.71 Å². The first kappa shape index (κ1) is 15.7. The van der Waals surface area contributed by atoms with Crippen LogP contribution >= 0.6 is 0 Å². The fraction of sp³-hybridized carbons (Fsp3) is 0.357. The van der Waals surface area contributed by atoms with Gasteiger partial charge < -0.3 is 10.3 Å². The van der Waals surface area contributed by atoms with Crippen molar-refractivity contribution in [1.82, 2.24) is 14.3 Å². The number of imidazole rings is 1. The minimum atomic E-state index is -3.53. The topological polar surface area (TPSA) is 90.0 Å². The molecular formula is C14H20N4O2S. The molecule has 21 heavy (non-hydrogen) atoms. The first-order valence-corrected chi connectivity index (χ1v) is 8.32. The first-order chi connectivity index (χ1) is 10.1. The molecule has 0 saturated carbocycles. The van der Waals surface area contributed by atoms with Crippen LogP contribution in [0.4, 0.5) is 0 Å². The van der Waals surface area contributed by atoms with E-state index in [4.69, 9.17) is 5.73 Å². The molecule has 114 valence electrons. The van der Waals surface area contributed by atoms with Crippen molar-refractivity contribution in [3.63, 3.8) is 0 Å². The summed E-state index contributed by atoms with van der Waals surface area (Å²) in [7, 11) is -3.53. The highest BCUT2D eigenvalue weighted by Gasteiger charge is 2.17. The lowest BCUT2D eigenvalue weighted by molar-refractivity contribution is 0.571. The van der Waals surface area contributed by atoms with E-state index in [-0.39, 0.29) is 0 Å². The summed E-state index contributed by atoms with van der Waals surface area (Å²) in [6.07, 6.45) is 5.76. The van der Waals surface area contributed by atoms with Gasteiger partial charge in [0.05, 0.1) is 11.2 Å². The molecule has 2 aromatic rings. The molecule has 6 nitrogen and oxygen atoms in total. The lowest BCUT2D eigenvalue weighted by Gasteiger charge is -2.12. The van der Waals surface area contributed by atoms with Crippen LogP contribution in [0.1, 0.15) is 18.1 Å². The standard InChI is InChI=1S/C14H20N4O2S/c1-2-13-4-3-12(10-15)9-14(13)21(19,20)17-6-8-18-7-5-16-11-18/h3-5,7,9,11,17H,2,6,8,10,15H2,1H3. The van der Waals surface area contributed by atoms with Crippen LogP contribution in [0.5, 0.6) is 0 Å². The second-order valence-electron chi connectivity index (χ2n) is 4.70. The van der Waals surface area contributed by atoms with Crippen molar-refractivity contribution in [3.8, 4) is 0 Å². The van der Waals surface area contributed by atoms with Crippen LogP contribution in [0.2, 0.25) is 0 Å². The molecule has 0 fully saturated rings. The van der Waals surface area contributed by atoms with Gasteiger partial charge in [-0.3, -0.25) is 0 Å². The maximum atomic E-state index is 12.4. The number of hydrogen-bond acceptors (Lipinski definition) is 4. The third-order valence-corrected chi connectivity index (χ3v) is 4.80. The molecule has 0 bridgehead atoms. The molecule has 0 aliphatic carbocycles. The van der Waals surface area contributed by atoms with Crippen molar-refractivity contribution >= 4 is 10.0 Å². The minimum Gasteiger partial charge on any atom is -0.336 e. The van der Waals surface area contributed by atoms with Crippen LogP contribution in [-0.4, -0.2) is 24.5 Å². The highest BCUT2D eigenvalue weighted by atomic mass is 32.2. The highest BCUT2D eigenvalue weighted by molar-refractivity contribution is 7.89. The number of rotatable bonds is 7. The van der Waals surface area contributed by atoms with Crippen LogP contribution in [0.25, 0.3) is 0 Å². The Morgan fingerprint density at radius 3 is 2.81 bits per heavy atom. The number of nitrogens with zero attached hydrogens (tertiary/aromatic N) is 2. The van der Waals surface area contributed by atoms with Crippen LogP contribution < -0.4 is 10.5 Å². The molecule has 0 atom stereocenters. The van der Waals surface area contributed by atoms with Gasteiger partial charge in [0.1, 0.15) is 0 Å². The second-order valence-corrected chi connectivity index (χ2v) is 6.43. The predicted octanol–water partition coefficient (Wildman–Crippen LogP) is 0.883. The Hall–Kier alpha value is -1.70. The number of benzene rings is 1. The van der Waals surface area contributed by atoms with Crippen molar-refractivity contribution in [2.45, 2.75) is 31.3 Å². The Bertz CT molecular complexity index is 681. The Morgan fingerprint density at radius 1 is 1.38 bits per heavy atom. The minimum absolute atomic E-state index is 0.314. The fourth-order valence-electron chi connectivity index (χ4n) is 2.07. The summed E-state index contributed by atoms with van der Waals surface area (Å²) in [5, 5.41) is 0. The monoisotopic (exact) mass is 308 g/mol. The Morgan fingerprint density at radius 2 is 2.19 bits per heavy atom. The van der Waals surface area contributed by atoms with Crippen molar-refractivity contribution in [3.05, 3.63) is 48.0 Å². The summed E-state index contributed by atoms with van der Waals surface area (Å²) in [5.41, 5.74) is 7.19. The van der Waals surface area contributed by atoms with Crippen molar-refractivity contribution in [2.75, 3.05) is 6.54 Å². The van der Waals surface area contributed by atoms with Crippen molar-refractivity contribution in [1.29, 1.82) is 0 Å². The van der Waals surface area contributed by atoms with Crippen LogP contribution in [-0.2, 0) is 29.5 Å². The van der Waals surface area contributed by atoms with Gasteiger partial charge in [0.2, 0.25) is 10.0 Å². The summed E-state index contributed by atoms with van der Waals surface area (Å²) in [6, 6.07) is 5.34. The quantitative estimate of drug-likeness (QED) is 0.794. The molecular weight excluding hydrogens is 288 g/mol. The van der Waals surface area contributed by atoms with E-state index in [9.17, 15) is 8.42 Å². The highest BCUT2D eigenvalue weighted by Crippen LogP contribution is 2.18. The zero-order chi connectivity index (χ0) is 15.3. The molecule has 0 unspecified atom stereocenters. The van der Waals surface area contributed by atoms with Crippen molar-refractivity contribution < 1.29 is 8.42 Å². The van der Waals surface area contributed by atoms with Gasteiger partial charge in [0.15, 0.2) is 0 Å². The lowest BCUT2D eigenvalue weighted by atomic mass is 10.1. The largest absolute Gasteiger partial charge is 0.336 e. The van der Waals surface area contributed by atoms with E-state index in [1.54, 1.807) is 24.8 Å². The smallest absolute Gasteiger partial charge is 0.240 e. The molecule has 0 amide bonds. The van der Waals surface area contributed by atoms with E-state index < -0.39 is 10.0 Å². The first-order valence-electron chi connectivity index (χ1n) is 6.84. The SMILES string of the molecule is CCc1ccc(CN)cc1S(=O)(=O)NCCn1ccnc1. The second kappa shape index (κ2) is 6.84. The predicted molar refractivity (Wildman–Crippen MR) is 81.1 cm³/mol. The maximum Gasteiger partial charge on any atom is 0.240 e. The lowest BCUT2D eigenvalue weighted by Crippen LogP contribution is -2.28. The van der Waals surface area contributed by atoms with Gasteiger partial charge in [0, 0.05) is 32.0 Å². The molecule has 0 spiro atoms. The number of aryl methyl sites for hydroxylation is 1. The normalized spacial score (nSPS) is 11.7. The van der Waals surface area contributed by atoms with E-state index in [0.717, 1.165) is 11.1 Å². The van der Waals surface area contributed by atoms with Gasteiger partial charge in [-0.1, -0.05) is 19.1 Å². The van der Waals surface area contributed by atoms with Gasteiger partial charge in [-0.25, -0.2) is 18.1 Å². The number of nitrogens with two attached hydrogens (primary N) is 1. The molecule has 1 heterocycles. The third kappa shape index (κ3) is 3.90. The van der Waals surface area contributed by atoms with Gasteiger partial charge in [-0.15, -0.1) is 0 Å². The fourth-order valence-corrected chi connectivity index (χ4v) is 3.45. The van der Waals surface area contributed by atoms with E-state index in [1.807, 2.05) is 23.6 Å². The Kier molecular flexibility index (Phi) is 5.11. The number of nitrogens with one attached hydrogen (secondary N) is 1. The van der Waals surface area contributed by atoms with Gasteiger partial charge in [-0.2, -0.15) is 0 Å². The van der Waals surface area contributed by atoms with Gasteiger partial charge in [0.25, 0.3) is 0 Å². The molecule has 7 heteroatoms. The summed E-state index contributed by atoms with van der Waals surface area (Å²) in [6.45, 7) is 3.11. The summed E-state index contributed by atoms with van der Waals surface area (Å²) < 4.78 is 29.3. The van der Waals surface area contributed by atoms with E-state index in [0.29, 0.717) is 31.0 Å². The molecule has 0 aliphatic rings. The zero-order valence-electron chi connectivity index (χ0n) is 12.0. The molecule has 1 aromatic heterocycles. The van der Waals surface area contributed by atoms with Gasteiger partial charge in [-0.05, 0) is 23.6 Å². The molecule has 2 rings (SSSR count). The zero-order valence-corrected chi connectivity index (χ0v) is 12.8. The number of sulfonamides is 1. The number of hydrogen-bond donors (Lipinski definition) is 2. The molecule has 0 radical (unpaired) electrons. The van der Waals surface area contributed by atoms with Crippen LogP contribution in [0.3, 0.4) is 0 Å². The maximum absolute atomic E-state index is 12.4. The van der Waals surface area contributed by atoms with Crippen LogP contribution in [0, 0.1) is 0 Å². The summed E-state index contributed by atoms with van der Waals surface area (Å²) in [5.74, 6) is 0. The molecule has 0 aliphatic heterocycles. The average Bonchev–Trinajstić information content (AvgIpc) is 2.99. The average molecular weight is 308 g/mol. The van der Waals surface area contributed by atoms with Crippen LogP contribution in [0.15, 0.2) is 41.8 Å².